The summed E-state index contributed by atoms with van der Waals surface area (Å²) in [6.07, 6.45) is 8.29. The third-order valence-electron chi connectivity index (χ3n) is 3.78. The SMILES string of the molecule is CCCNC1CCCc2nc(-c3ccc(Br)cn3)ncc21. The van der Waals surface area contributed by atoms with Crippen LogP contribution >= 0.6 is 15.9 Å². The van der Waals surface area contributed by atoms with Gasteiger partial charge in [0.25, 0.3) is 0 Å². The van der Waals surface area contributed by atoms with Crippen molar-refractivity contribution in [2.45, 2.75) is 38.6 Å². The summed E-state index contributed by atoms with van der Waals surface area (Å²) in [5.41, 5.74) is 3.25. The van der Waals surface area contributed by atoms with Crippen molar-refractivity contribution in [3.8, 4) is 11.5 Å². The van der Waals surface area contributed by atoms with E-state index in [2.05, 4.69) is 38.1 Å². The van der Waals surface area contributed by atoms with Crippen molar-refractivity contribution in [3.05, 3.63) is 40.3 Å². The summed E-state index contributed by atoms with van der Waals surface area (Å²) in [5.74, 6) is 0.720. The molecule has 1 aliphatic carbocycles. The van der Waals surface area contributed by atoms with Gasteiger partial charge in [0.2, 0.25) is 0 Å². The molecule has 4 nitrogen and oxygen atoms in total. The summed E-state index contributed by atoms with van der Waals surface area (Å²) >= 11 is 3.40. The Balaban J connectivity index is 1.88. The van der Waals surface area contributed by atoms with Crippen LogP contribution in [0.2, 0.25) is 0 Å². The molecule has 2 aromatic rings. The normalized spacial score (nSPS) is 17.5. The van der Waals surface area contributed by atoms with Crippen LogP contribution in [-0.4, -0.2) is 21.5 Å². The molecular weight excluding hydrogens is 328 g/mol. The van der Waals surface area contributed by atoms with Gasteiger partial charge in [-0.25, -0.2) is 9.97 Å². The zero-order valence-electron chi connectivity index (χ0n) is 12.1. The van der Waals surface area contributed by atoms with Crippen molar-refractivity contribution in [2.24, 2.45) is 0 Å². The van der Waals surface area contributed by atoms with E-state index in [9.17, 15) is 0 Å². The first kappa shape index (κ1) is 14.6. The Morgan fingerprint density at radius 2 is 2.19 bits per heavy atom. The number of pyridine rings is 1. The number of nitrogens with zero attached hydrogens (tertiary/aromatic N) is 3. The molecular formula is C16H19BrN4. The molecule has 1 aliphatic rings. The number of aryl methyl sites for hydroxylation is 1. The number of rotatable bonds is 4. The Bertz CT molecular complexity index is 612. The van der Waals surface area contributed by atoms with Gasteiger partial charge < -0.3 is 5.32 Å². The van der Waals surface area contributed by atoms with Gasteiger partial charge in [-0.15, -0.1) is 0 Å². The molecule has 2 aromatic heterocycles. The number of hydrogen-bond acceptors (Lipinski definition) is 4. The summed E-state index contributed by atoms with van der Waals surface area (Å²) in [6, 6.07) is 4.32. The maximum absolute atomic E-state index is 4.74. The minimum absolute atomic E-state index is 0.403. The number of fused-ring (bicyclic) bond motifs is 1. The second-order valence-electron chi connectivity index (χ2n) is 5.36. The molecule has 21 heavy (non-hydrogen) atoms. The van der Waals surface area contributed by atoms with Crippen LogP contribution in [0.4, 0.5) is 0 Å². The predicted molar refractivity (Wildman–Crippen MR) is 86.9 cm³/mol. The predicted octanol–water partition coefficient (Wildman–Crippen LogP) is 3.68. The summed E-state index contributed by atoms with van der Waals surface area (Å²) in [5, 5.41) is 3.59. The van der Waals surface area contributed by atoms with E-state index in [1.807, 2.05) is 18.3 Å². The highest BCUT2D eigenvalue weighted by Gasteiger charge is 2.21. The highest BCUT2D eigenvalue weighted by molar-refractivity contribution is 9.10. The summed E-state index contributed by atoms with van der Waals surface area (Å²) < 4.78 is 0.966. The monoisotopic (exact) mass is 346 g/mol. The highest BCUT2D eigenvalue weighted by Crippen LogP contribution is 2.29. The van der Waals surface area contributed by atoms with E-state index in [-0.39, 0.29) is 0 Å². The van der Waals surface area contributed by atoms with Gasteiger partial charge in [-0.2, -0.15) is 0 Å². The second kappa shape index (κ2) is 6.62. The van der Waals surface area contributed by atoms with Gasteiger partial charge in [0.15, 0.2) is 5.82 Å². The van der Waals surface area contributed by atoms with Crippen LogP contribution in [0, 0.1) is 0 Å². The molecule has 0 bridgehead atoms. The van der Waals surface area contributed by atoms with E-state index >= 15 is 0 Å². The molecule has 1 atom stereocenters. The minimum Gasteiger partial charge on any atom is -0.310 e. The third-order valence-corrected chi connectivity index (χ3v) is 4.25. The van der Waals surface area contributed by atoms with Crippen LogP contribution in [0.1, 0.15) is 43.5 Å². The zero-order valence-corrected chi connectivity index (χ0v) is 13.7. The molecule has 110 valence electrons. The lowest BCUT2D eigenvalue weighted by Gasteiger charge is -2.25. The molecule has 0 saturated carbocycles. The molecule has 3 rings (SSSR count). The van der Waals surface area contributed by atoms with E-state index in [1.165, 1.54) is 24.1 Å². The van der Waals surface area contributed by atoms with Gasteiger partial charge in [-0.3, -0.25) is 4.98 Å². The third kappa shape index (κ3) is 3.30. The zero-order chi connectivity index (χ0) is 14.7. The molecule has 5 heteroatoms. The van der Waals surface area contributed by atoms with E-state index in [0.29, 0.717) is 6.04 Å². The Morgan fingerprint density at radius 3 is 2.95 bits per heavy atom. The Morgan fingerprint density at radius 1 is 1.29 bits per heavy atom. The molecule has 2 heterocycles. The molecule has 0 aromatic carbocycles. The average Bonchev–Trinajstić information content (AvgIpc) is 2.53. The largest absolute Gasteiger partial charge is 0.310 e. The summed E-state index contributed by atoms with van der Waals surface area (Å²) in [6.45, 7) is 3.23. The Labute approximate surface area is 133 Å². The standard InChI is InChI=1S/C16H19BrN4/c1-2-8-18-13-4-3-5-14-12(13)10-20-16(21-14)15-7-6-11(17)9-19-15/h6-7,9-10,13,18H,2-5,8H2,1H3. The molecule has 1 N–H and O–H groups in total. The number of halogens is 1. The quantitative estimate of drug-likeness (QED) is 0.917. The van der Waals surface area contributed by atoms with E-state index in [0.717, 1.165) is 35.4 Å². The molecule has 0 radical (unpaired) electrons. The van der Waals surface area contributed by atoms with E-state index < -0.39 is 0 Å². The second-order valence-corrected chi connectivity index (χ2v) is 6.27. The molecule has 0 saturated heterocycles. The van der Waals surface area contributed by atoms with Crippen LogP contribution in [0.3, 0.4) is 0 Å². The fourth-order valence-electron chi connectivity index (χ4n) is 2.71. The molecule has 0 aliphatic heterocycles. The smallest absolute Gasteiger partial charge is 0.178 e. The molecule has 0 spiro atoms. The topological polar surface area (TPSA) is 50.7 Å². The maximum Gasteiger partial charge on any atom is 0.178 e. The van der Waals surface area contributed by atoms with Gasteiger partial charge >= 0.3 is 0 Å². The number of aromatic nitrogens is 3. The van der Waals surface area contributed by atoms with Crippen molar-refractivity contribution in [2.75, 3.05) is 6.54 Å². The maximum atomic E-state index is 4.74. The van der Waals surface area contributed by atoms with Crippen molar-refractivity contribution in [1.29, 1.82) is 0 Å². The Kier molecular flexibility index (Phi) is 4.60. The van der Waals surface area contributed by atoms with Crippen molar-refractivity contribution >= 4 is 15.9 Å². The van der Waals surface area contributed by atoms with Crippen molar-refractivity contribution < 1.29 is 0 Å². The lowest BCUT2D eigenvalue weighted by atomic mass is 9.92. The first-order valence-electron chi connectivity index (χ1n) is 7.49. The van der Waals surface area contributed by atoms with Crippen molar-refractivity contribution in [1.82, 2.24) is 20.3 Å². The van der Waals surface area contributed by atoms with Crippen LogP contribution < -0.4 is 5.32 Å². The molecule has 0 fully saturated rings. The van der Waals surface area contributed by atoms with Crippen LogP contribution in [0.5, 0.6) is 0 Å². The van der Waals surface area contributed by atoms with Crippen LogP contribution in [0.15, 0.2) is 29.0 Å². The first-order valence-corrected chi connectivity index (χ1v) is 8.28. The molecule has 1 unspecified atom stereocenters. The van der Waals surface area contributed by atoms with Crippen LogP contribution in [0.25, 0.3) is 11.5 Å². The highest BCUT2D eigenvalue weighted by atomic mass is 79.9. The Hall–Kier alpha value is -1.33. The lowest BCUT2D eigenvalue weighted by Crippen LogP contribution is -2.26. The van der Waals surface area contributed by atoms with Gasteiger partial charge in [-0.1, -0.05) is 6.92 Å². The number of hydrogen-bond donors (Lipinski definition) is 1. The van der Waals surface area contributed by atoms with Gasteiger partial charge in [0, 0.05) is 34.2 Å². The lowest BCUT2D eigenvalue weighted by molar-refractivity contribution is 0.453. The van der Waals surface area contributed by atoms with E-state index in [4.69, 9.17) is 4.98 Å². The van der Waals surface area contributed by atoms with Gasteiger partial charge in [0.1, 0.15) is 5.69 Å². The molecule has 0 amide bonds. The fourth-order valence-corrected chi connectivity index (χ4v) is 2.94. The van der Waals surface area contributed by atoms with Gasteiger partial charge in [-0.05, 0) is 60.3 Å². The fraction of sp³-hybridized carbons (Fsp3) is 0.438. The summed E-state index contributed by atoms with van der Waals surface area (Å²) in [4.78, 5) is 13.6. The van der Waals surface area contributed by atoms with Crippen molar-refractivity contribution in [3.63, 3.8) is 0 Å². The number of nitrogens with one attached hydrogen (secondary N) is 1. The van der Waals surface area contributed by atoms with Crippen LogP contribution in [-0.2, 0) is 6.42 Å². The van der Waals surface area contributed by atoms with Gasteiger partial charge in [0.05, 0.1) is 0 Å². The van der Waals surface area contributed by atoms with E-state index in [1.54, 1.807) is 6.20 Å². The summed E-state index contributed by atoms with van der Waals surface area (Å²) in [7, 11) is 0. The first-order chi connectivity index (χ1) is 10.3. The minimum atomic E-state index is 0.403. The average molecular weight is 347 g/mol.